The highest BCUT2D eigenvalue weighted by Crippen LogP contribution is 2.13. The first-order chi connectivity index (χ1) is 10.0. The van der Waals surface area contributed by atoms with Gasteiger partial charge in [0.2, 0.25) is 0 Å². The summed E-state index contributed by atoms with van der Waals surface area (Å²) in [7, 11) is 0. The third-order valence-corrected chi connectivity index (χ3v) is 3.24. The Labute approximate surface area is 135 Å². The fourth-order valence-corrected chi connectivity index (χ4v) is 1.89. The van der Waals surface area contributed by atoms with Crippen LogP contribution in [0.25, 0.3) is 0 Å². The van der Waals surface area contributed by atoms with Crippen molar-refractivity contribution in [1.82, 2.24) is 16.2 Å². The SMILES string of the molecule is CCCCCNC(=S)NNC(=S)Nc1ccc(C)c(F)c1. The van der Waals surface area contributed by atoms with Crippen molar-refractivity contribution in [1.29, 1.82) is 0 Å². The van der Waals surface area contributed by atoms with Crippen LogP contribution in [0.4, 0.5) is 10.1 Å². The highest BCUT2D eigenvalue weighted by molar-refractivity contribution is 7.80. The van der Waals surface area contributed by atoms with Gasteiger partial charge in [-0.2, -0.15) is 0 Å². The lowest BCUT2D eigenvalue weighted by atomic mass is 10.2. The Morgan fingerprint density at radius 3 is 2.52 bits per heavy atom. The van der Waals surface area contributed by atoms with Crippen molar-refractivity contribution < 1.29 is 4.39 Å². The van der Waals surface area contributed by atoms with E-state index < -0.39 is 0 Å². The van der Waals surface area contributed by atoms with Crippen LogP contribution in [0.15, 0.2) is 18.2 Å². The quantitative estimate of drug-likeness (QED) is 0.379. The largest absolute Gasteiger partial charge is 0.361 e. The van der Waals surface area contributed by atoms with Crippen molar-refractivity contribution in [3.8, 4) is 0 Å². The summed E-state index contributed by atoms with van der Waals surface area (Å²) < 4.78 is 13.4. The Kier molecular flexibility index (Phi) is 7.92. The molecule has 1 aromatic carbocycles. The number of unbranched alkanes of at least 4 members (excludes halogenated alkanes) is 2. The summed E-state index contributed by atoms with van der Waals surface area (Å²) >= 11 is 10.2. The normalized spacial score (nSPS) is 9.86. The van der Waals surface area contributed by atoms with E-state index in [-0.39, 0.29) is 5.82 Å². The van der Waals surface area contributed by atoms with Gasteiger partial charge in [-0.1, -0.05) is 25.8 Å². The van der Waals surface area contributed by atoms with E-state index in [2.05, 4.69) is 28.4 Å². The van der Waals surface area contributed by atoms with Gasteiger partial charge in [-0.25, -0.2) is 4.39 Å². The molecule has 0 unspecified atom stereocenters. The highest BCUT2D eigenvalue weighted by atomic mass is 32.1. The summed E-state index contributed by atoms with van der Waals surface area (Å²) in [4.78, 5) is 0. The van der Waals surface area contributed by atoms with Crippen LogP contribution in [0, 0.1) is 12.7 Å². The van der Waals surface area contributed by atoms with Gasteiger partial charge in [0, 0.05) is 12.2 Å². The van der Waals surface area contributed by atoms with Gasteiger partial charge < -0.3 is 10.6 Å². The number of nitrogens with one attached hydrogen (secondary N) is 4. The molecule has 0 atom stereocenters. The van der Waals surface area contributed by atoms with Gasteiger partial charge >= 0.3 is 0 Å². The van der Waals surface area contributed by atoms with Crippen LogP contribution >= 0.6 is 24.4 Å². The van der Waals surface area contributed by atoms with Crippen LogP contribution in [0.2, 0.25) is 0 Å². The van der Waals surface area contributed by atoms with E-state index in [0.717, 1.165) is 13.0 Å². The molecule has 0 spiro atoms. The second-order valence-electron chi connectivity index (χ2n) is 4.63. The van der Waals surface area contributed by atoms with Crippen LogP contribution in [0.1, 0.15) is 31.7 Å². The molecule has 21 heavy (non-hydrogen) atoms. The Morgan fingerprint density at radius 2 is 1.86 bits per heavy atom. The van der Waals surface area contributed by atoms with Crippen LogP contribution in [-0.2, 0) is 0 Å². The van der Waals surface area contributed by atoms with E-state index >= 15 is 0 Å². The van der Waals surface area contributed by atoms with Gasteiger partial charge in [-0.15, -0.1) is 0 Å². The number of rotatable bonds is 5. The van der Waals surface area contributed by atoms with E-state index in [0.29, 0.717) is 21.5 Å². The fraction of sp³-hybridized carbons (Fsp3) is 0.429. The fourth-order valence-electron chi connectivity index (χ4n) is 1.57. The van der Waals surface area contributed by atoms with Crippen LogP contribution < -0.4 is 21.5 Å². The predicted octanol–water partition coefficient (Wildman–Crippen LogP) is 2.99. The molecule has 1 aromatic rings. The molecule has 0 aliphatic heterocycles. The lowest BCUT2D eigenvalue weighted by Gasteiger charge is -2.14. The summed E-state index contributed by atoms with van der Waals surface area (Å²) in [5.41, 5.74) is 6.70. The lowest BCUT2D eigenvalue weighted by molar-refractivity contribution is 0.619. The van der Waals surface area contributed by atoms with Crippen molar-refractivity contribution in [3.05, 3.63) is 29.6 Å². The summed E-state index contributed by atoms with van der Waals surface area (Å²) in [6.45, 7) is 4.68. The molecule has 0 fully saturated rings. The minimum atomic E-state index is -0.274. The molecular weight excluding hydrogens is 307 g/mol. The molecule has 1 rings (SSSR count). The van der Waals surface area contributed by atoms with Crippen molar-refractivity contribution >= 4 is 40.3 Å². The number of hydrazine groups is 1. The zero-order valence-corrected chi connectivity index (χ0v) is 13.9. The van der Waals surface area contributed by atoms with Crippen molar-refractivity contribution in [2.45, 2.75) is 33.1 Å². The molecule has 0 heterocycles. The number of aryl methyl sites for hydroxylation is 1. The van der Waals surface area contributed by atoms with Gasteiger partial charge in [-0.05, 0) is 55.5 Å². The third kappa shape index (κ3) is 7.19. The zero-order valence-electron chi connectivity index (χ0n) is 12.3. The monoisotopic (exact) mass is 328 g/mol. The Morgan fingerprint density at radius 1 is 1.14 bits per heavy atom. The Balaban J connectivity index is 2.27. The first-order valence-electron chi connectivity index (χ1n) is 6.90. The molecule has 0 aliphatic carbocycles. The number of halogens is 1. The molecule has 0 amide bonds. The van der Waals surface area contributed by atoms with Crippen LogP contribution in [-0.4, -0.2) is 16.8 Å². The number of anilines is 1. The molecule has 116 valence electrons. The van der Waals surface area contributed by atoms with Gasteiger partial charge in [-0.3, -0.25) is 10.9 Å². The third-order valence-electron chi connectivity index (χ3n) is 2.79. The highest BCUT2D eigenvalue weighted by Gasteiger charge is 2.02. The number of hydrogen-bond donors (Lipinski definition) is 4. The maximum absolute atomic E-state index is 13.4. The van der Waals surface area contributed by atoms with Gasteiger partial charge in [0.05, 0.1) is 0 Å². The van der Waals surface area contributed by atoms with Gasteiger partial charge in [0.15, 0.2) is 10.2 Å². The van der Waals surface area contributed by atoms with E-state index in [4.69, 9.17) is 24.4 Å². The maximum Gasteiger partial charge on any atom is 0.189 e. The molecular formula is C14H21FN4S2. The first-order valence-corrected chi connectivity index (χ1v) is 7.71. The van der Waals surface area contributed by atoms with Crippen molar-refractivity contribution in [2.75, 3.05) is 11.9 Å². The van der Waals surface area contributed by atoms with Crippen molar-refractivity contribution in [3.63, 3.8) is 0 Å². The molecule has 0 radical (unpaired) electrons. The molecule has 0 bridgehead atoms. The van der Waals surface area contributed by atoms with Crippen LogP contribution in [0.5, 0.6) is 0 Å². The average Bonchev–Trinajstić information content (AvgIpc) is 2.45. The van der Waals surface area contributed by atoms with E-state index in [1.807, 2.05) is 0 Å². The average molecular weight is 328 g/mol. The minimum Gasteiger partial charge on any atom is -0.361 e. The predicted molar refractivity (Wildman–Crippen MR) is 93.8 cm³/mol. The number of hydrogen-bond acceptors (Lipinski definition) is 2. The zero-order chi connectivity index (χ0) is 15.7. The molecule has 0 aliphatic rings. The lowest BCUT2D eigenvalue weighted by Crippen LogP contribution is -2.48. The summed E-state index contributed by atoms with van der Waals surface area (Å²) in [6.07, 6.45) is 3.41. The smallest absolute Gasteiger partial charge is 0.189 e. The topological polar surface area (TPSA) is 48.1 Å². The molecule has 4 N–H and O–H groups in total. The van der Waals surface area contributed by atoms with Crippen LogP contribution in [0.3, 0.4) is 0 Å². The molecule has 0 saturated carbocycles. The van der Waals surface area contributed by atoms with Gasteiger partial charge in [0.25, 0.3) is 0 Å². The van der Waals surface area contributed by atoms with E-state index in [1.54, 1.807) is 19.1 Å². The number of benzene rings is 1. The van der Waals surface area contributed by atoms with E-state index in [9.17, 15) is 4.39 Å². The van der Waals surface area contributed by atoms with Gasteiger partial charge in [0.1, 0.15) is 5.82 Å². The Hall–Kier alpha value is -1.47. The minimum absolute atomic E-state index is 0.274. The number of thiocarbonyl (C=S) groups is 2. The molecule has 0 aromatic heterocycles. The maximum atomic E-state index is 13.4. The summed E-state index contributed by atoms with van der Waals surface area (Å²) in [5, 5.41) is 6.73. The second kappa shape index (κ2) is 9.46. The summed E-state index contributed by atoms with van der Waals surface area (Å²) in [5.74, 6) is -0.274. The second-order valence-corrected chi connectivity index (χ2v) is 5.45. The van der Waals surface area contributed by atoms with E-state index in [1.165, 1.54) is 18.9 Å². The molecule has 4 nitrogen and oxygen atoms in total. The van der Waals surface area contributed by atoms with Crippen molar-refractivity contribution in [2.24, 2.45) is 0 Å². The Bertz CT molecular complexity index is 494. The molecule has 7 heteroatoms. The summed E-state index contributed by atoms with van der Waals surface area (Å²) in [6, 6.07) is 4.84. The first kappa shape index (κ1) is 17.6. The standard InChI is InChI=1S/C14H21FN4S2/c1-3-4-5-8-16-13(20)18-19-14(21)17-11-7-6-10(2)12(15)9-11/h6-7,9H,3-5,8H2,1-2H3,(H2,16,18,20)(H2,17,19,21). The molecule has 0 saturated heterocycles.